The van der Waals surface area contributed by atoms with Crippen molar-refractivity contribution < 1.29 is 19.0 Å². The molecule has 0 radical (unpaired) electrons. The summed E-state index contributed by atoms with van der Waals surface area (Å²) in [7, 11) is 1.65. The van der Waals surface area contributed by atoms with Crippen LogP contribution in [-0.2, 0) is 11.3 Å². The van der Waals surface area contributed by atoms with E-state index in [9.17, 15) is 4.79 Å². The average molecular weight is 300 g/mol. The van der Waals surface area contributed by atoms with Crippen molar-refractivity contribution in [1.29, 1.82) is 0 Å². The van der Waals surface area contributed by atoms with Gasteiger partial charge in [0.1, 0.15) is 18.1 Å². The highest BCUT2D eigenvalue weighted by atomic mass is 16.5. The maximum Gasteiger partial charge on any atom is 0.153 e. The van der Waals surface area contributed by atoms with Crippen molar-refractivity contribution in [2.24, 2.45) is 0 Å². The molecular formula is C18H20O4. The molecule has 0 aliphatic carbocycles. The van der Waals surface area contributed by atoms with E-state index >= 15 is 0 Å². The van der Waals surface area contributed by atoms with Gasteiger partial charge < -0.3 is 14.2 Å². The van der Waals surface area contributed by atoms with E-state index in [0.717, 1.165) is 18.3 Å². The molecule has 0 amide bonds. The molecule has 2 rings (SSSR count). The zero-order valence-electron chi connectivity index (χ0n) is 12.7. The largest absolute Gasteiger partial charge is 0.493 e. The first-order valence-corrected chi connectivity index (χ1v) is 7.21. The molecule has 0 atom stereocenters. The number of benzene rings is 2. The van der Waals surface area contributed by atoms with Gasteiger partial charge in [-0.1, -0.05) is 30.3 Å². The van der Waals surface area contributed by atoms with E-state index in [0.29, 0.717) is 36.9 Å². The maximum atomic E-state index is 11.1. The van der Waals surface area contributed by atoms with Gasteiger partial charge in [0.2, 0.25) is 0 Å². The Morgan fingerprint density at radius 1 is 1.00 bits per heavy atom. The van der Waals surface area contributed by atoms with Gasteiger partial charge in [0.25, 0.3) is 0 Å². The zero-order valence-corrected chi connectivity index (χ0v) is 12.7. The molecule has 22 heavy (non-hydrogen) atoms. The van der Waals surface area contributed by atoms with Crippen LogP contribution in [0.3, 0.4) is 0 Å². The van der Waals surface area contributed by atoms with Gasteiger partial charge in [0, 0.05) is 26.2 Å². The maximum absolute atomic E-state index is 11.1. The summed E-state index contributed by atoms with van der Waals surface area (Å²) in [6, 6.07) is 15.1. The van der Waals surface area contributed by atoms with Crippen LogP contribution < -0.4 is 9.47 Å². The first-order valence-electron chi connectivity index (χ1n) is 7.21. The summed E-state index contributed by atoms with van der Waals surface area (Å²) in [5.74, 6) is 1.22. The summed E-state index contributed by atoms with van der Waals surface area (Å²) in [6.45, 7) is 1.60. The molecule has 0 N–H and O–H groups in total. The van der Waals surface area contributed by atoms with E-state index in [2.05, 4.69) is 0 Å². The minimum atomic E-state index is 0.477. The molecule has 0 fully saturated rings. The molecule has 0 saturated carbocycles. The van der Waals surface area contributed by atoms with Crippen molar-refractivity contribution in [2.75, 3.05) is 20.3 Å². The fourth-order valence-corrected chi connectivity index (χ4v) is 1.95. The van der Waals surface area contributed by atoms with Gasteiger partial charge in [-0.2, -0.15) is 0 Å². The van der Waals surface area contributed by atoms with Gasteiger partial charge in [-0.3, -0.25) is 4.79 Å². The van der Waals surface area contributed by atoms with E-state index < -0.39 is 0 Å². The lowest BCUT2D eigenvalue weighted by Crippen LogP contribution is -2.04. The van der Waals surface area contributed by atoms with Crippen molar-refractivity contribution in [1.82, 2.24) is 0 Å². The third kappa shape index (κ3) is 4.90. The second kappa shape index (κ2) is 8.85. The molecule has 0 aliphatic heterocycles. The summed E-state index contributed by atoms with van der Waals surface area (Å²) >= 11 is 0. The van der Waals surface area contributed by atoms with Crippen LogP contribution in [0.1, 0.15) is 22.3 Å². The van der Waals surface area contributed by atoms with Crippen molar-refractivity contribution >= 4 is 6.29 Å². The Kier molecular flexibility index (Phi) is 6.45. The Labute approximate surface area is 130 Å². The fourth-order valence-electron chi connectivity index (χ4n) is 1.95. The molecule has 2 aromatic carbocycles. The normalized spacial score (nSPS) is 10.2. The Balaban J connectivity index is 1.98. The first-order chi connectivity index (χ1) is 10.8. The van der Waals surface area contributed by atoms with Gasteiger partial charge >= 0.3 is 0 Å². The van der Waals surface area contributed by atoms with Crippen LogP contribution in [-0.4, -0.2) is 26.6 Å². The SMILES string of the molecule is COCCCOc1cc(OCc2ccccc2)ccc1C=O. The van der Waals surface area contributed by atoms with E-state index in [1.54, 1.807) is 25.3 Å². The Bertz CT molecular complexity index is 581. The summed E-state index contributed by atoms with van der Waals surface area (Å²) < 4.78 is 16.3. The first kappa shape index (κ1) is 16.0. The van der Waals surface area contributed by atoms with Crippen LogP contribution in [0.5, 0.6) is 11.5 Å². The third-order valence-corrected chi connectivity index (χ3v) is 3.11. The fraction of sp³-hybridized carbons (Fsp3) is 0.278. The average Bonchev–Trinajstić information content (AvgIpc) is 2.58. The monoisotopic (exact) mass is 300 g/mol. The minimum absolute atomic E-state index is 0.477. The molecular weight excluding hydrogens is 280 g/mol. The number of methoxy groups -OCH3 is 1. The number of hydrogen-bond acceptors (Lipinski definition) is 4. The van der Waals surface area contributed by atoms with Gasteiger partial charge in [-0.05, 0) is 17.7 Å². The number of rotatable bonds is 9. The van der Waals surface area contributed by atoms with Crippen LogP contribution in [0.4, 0.5) is 0 Å². The number of carbonyl (C=O) groups excluding carboxylic acids is 1. The standard InChI is InChI=1S/C18H20O4/c1-20-10-5-11-21-18-12-17(9-8-16(18)13-19)22-14-15-6-3-2-4-7-15/h2-4,6-9,12-13H,5,10-11,14H2,1H3. The van der Waals surface area contributed by atoms with Crippen molar-refractivity contribution in [3.63, 3.8) is 0 Å². The second-order valence-electron chi connectivity index (χ2n) is 4.79. The molecule has 0 saturated heterocycles. The summed E-state index contributed by atoms with van der Waals surface area (Å²) in [6.07, 6.45) is 1.55. The lowest BCUT2D eigenvalue weighted by molar-refractivity contribution is 0.111. The molecule has 2 aromatic rings. The molecule has 0 aromatic heterocycles. The Morgan fingerprint density at radius 3 is 2.55 bits per heavy atom. The molecule has 0 bridgehead atoms. The predicted molar refractivity (Wildman–Crippen MR) is 84.6 cm³/mol. The quantitative estimate of drug-likeness (QED) is 0.525. The van der Waals surface area contributed by atoms with E-state index in [-0.39, 0.29) is 0 Å². The smallest absolute Gasteiger partial charge is 0.153 e. The number of ether oxygens (including phenoxy) is 3. The van der Waals surface area contributed by atoms with Crippen molar-refractivity contribution in [3.8, 4) is 11.5 Å². The lowest BCUT2D eigenvalue weighted by atomic mass is 10.2. The summed E-state index contributed by atoms with van der Waals surface area (Å²) in [4.78, 5) is 11.1. The summed E-state index contributed by atoms with van der Waals surface area (Å²) in [5, 5.41) is 0. The van der Waals surface area contributed by atoms with E-state index in [1.165, 1.54) is 0 Å². The molecule has 0 aliphatic rings. The van der Waals surface area contributed by atoms with Crippen LogP contribution in [0.2, 0.25) is 0 Å². The minimum Gasteiger partial charge on any atom is -0.493 e. The van der Waals surface area contributed by atoms with Crippen molar-refractivity contribution in [3.05, 3.63) is 59.7 Å². The van der Waals surface area contributed by atoms with Crippen LogP contribution in [0.15, 0.2) is 48.5 Å². The van der Waals surface area contributed by atoms with Crippen molar-refractivity contribution in [2.45, 2.75) is 13.0 Å². The molecule has 4 heteroatoms. The number of aldehydes is 1. The molecule has 4 nitrogen and oxygen atoms in total. The zero-order chi connectivity index (χ0) is 15.6. The summed E-state index contributed by atoms with van der Waals surface area (Å²) in [5.41, 5.74) is 1.61. The lowest BCUT2D eigenvalue weighted by Gasteiger charge is -2.11. The Hall–Kier alpha value is -2.33. The number of hydrogen-bond donors (Lipinski definition) is 0. The van der Waals surface area contributed by atoms with Gasteiger partial charge in [0.05, 0.1) is 12.2 Å². The van der Waals surface area contributed by atoms with E-state index in [1.807, 2.05) is 30.3 Å². The van der Waals surface area contributed by atoms with E-state index in [4.69, 9.17) is 14.2 Å². The molecule has 116 valence electrons. The van der Waals surface area contributed by atoms with Crippen LogP contribution in [0, 0.1) is 0 Å². The topological polar surface area (TPSA) is 44.8 Å². The third-order valence-electron chi connectivity index (χ3n) is 3.11. The highest BCUT2D eigenvalue weighted by Gasteiger charge is 2.06. The van der Waals surface area contributed by atoms with Gasteiger partial charge in [0.15, 0.2) is 6.29 Å². The van der Waals surface area contributed by atoms with Gasteiger partial charge in [-0.25, -0.2) is 0 Å². The predicted octanol–water partition coefficient (Wildman–Crippen LogP) is 3.49. The molecule has 0 heterocycles. The van der Waals surface area contributed by atoms with Crippen LogP contribution in [0.25, 0.3) is 0 Å². The molecule has 0 unspecified atom stereocenters. The van der Waals surface area contributed by atoms with Crippen LogP contribution >= 0.6 is 0 Å². The highest BCUT2D eigenvalue weighted by molar-refractivity contribution is 5.79. The highest BCUT2D eigenvalue weighted by Crippen LogP contribution is 2.24. The Morgan fingerprint density at radius 2 is 1.82 bits per heavy atom. The number of carbonyl (C=O) groups is 1. The van der Waals surface area contributed by atoms with Gasteiger partial charge in [-0.15, -0.1) is 0 Å². The second-order valence-corrected chi connectivity index (χ2v) is 4.79. The molecule has 0 spiro atoms.